The zero-order chi connectivity index (χ0) is 19.8. The number of nitrogen functional groups attached to an aromatic ring is 1. The highest BCUT2D eigenvalue weighted by molar-refractivity contribution is 5.89. The smallest absolute Gasteiger partial charge is 0.219 e. The molecule has 1 fully saturated rings. The summed E-state index contributed by atoms with van der Waals surface area (Å²) in [5, 5.41) is 3.82. The number of aromatic nitrogens is 1. The van der Waals surface area contributed by atoms with Crippen molar-refractivity contribution in [3.63, 3.8) is 0 Å². The van der Waals surface area contributed by atoms with Crippen LogP contribution in [0.5, 0.6) is 11.5 Å². The van der Waals surface area contributed by atoms with E-state index in [2.05, 4.69) is 15.2 Å². The number of piperazine rings is 1. The summed E-state index contributed by atoms with van der Waals surface area (Å²) in [4.78, 5) is 19.2. The number of rotatable bonds is 3. The lowest BCUT2D eigenvalue weighted by atomic mass is 10.2. The molecular weight excluding hydrogens is 404 g/mol. The van der Waals surface area contributed by atoms with Gasteiger partial charge in [0.2, 0.25) is 5.43 Å². The second kappa shape index (κ2) is 8.22. The molecule has 0 radical (unpaired) electrons. The van der Waals surface area contributed by atoms with E-state index in [9.17, 15) is 4.79 Å². The first-order chi connectivity index (χ1) is 14.2. The molecule has 0 unspecified atom stereocenters. The maximum Gasteiger partial charge on any atom is 0.219 e. The molecule has 2 aromatic carbocycles. The Kier molecular flexibility index (Phi) is 5.48. The average Bonchev–Trinajstić information content (AvgIpc) is 2.76. The molecule has 1 aliphatic rings. The van der Waals surface area contributed by atoms with Crippen molar-refractivity contribution in [3.05, 3.63) is 64.8 Å². The summed E-state index contributed by atoms with van der Waals surface area (Å²) in [6, 6.07) is 16.5. The Morgan fingerprint density at radius 2 is 1.77 bits per heavy atom. The Morgan fingerprint density at radius 1 is 1.03 bits per heavy atom. The number of benzene rings is 2. The van der Waals surface area contributed by atoms with Gasteiger partial charge in [-0.1, -0.05) is 12.1 Å². The lowest BCUT2D eigenvalue weighted by Crippen LogP contribution is -2.43. The van der Waals surface area contributed by atoms with Crippen LogP contribution in [0.15, 0.2) is 63.8 Å². The van der Waals surface area contributed by atoms with Crippen molar-refractivity contribution in [1.29, 1.82) is 0 Å². The number of fused-ring (bicyclic) bond motifs is 2. The van der Waals surface area contributed by atoms with Crippen LogP contribution in [0.25, 0.3) is 22.1 Å². The van der Waals surface area contributed by atoms with Gasteiger partial charge in [-0.05, 0) is 36.4 Å². The lowest BCUT2D eigenvalue weighted by molar-refractivity contribution is 0.482. The Balaban J connectivity index is 0.00000218. The van der Waals surface area contributed by atoms with Crippen LogP contribution in [0.1, 0.15) is 0 Å². The van der Waals surface area contributed by atoms with Gasteiger partial charge in [0.05, 0.1) is 5.39 Å². The van der Waals surface area contributed by atoms with E-state index >= 15 is 0 Å². The fourth-order valence-electron chi connectivity index (χ4n) is 3.58. The van der Waals surface area contributed by atoms with Crippen molar-refractivity contribution >= 4 is 46.0 Å². The number of halogens is 1. The van der Waals surface area contributed by atoms with Crippen LogP contribution in [-0.4, -0.2) is 31.2 Å². The van der Waals surface area contributed by atoms with Gasteiger partial charge in [-0.3, -0.25) is 4.79 Å². The van der Waals surface area contributed by atoms with Gasteiger partial charge < -0.3 is 25.1 Å². The molecule has 2 aromatic heterocycles. The Bertz CT molecular complexity index is 1250. The number of hydrogen-bond acceptors (Lipinski definition) is 7. The normalized spacial score (nSPS) is 13.9. The van der Waals surface area contributed by atoms with E-state index in [0.717, 1.165) is 31.9 Å². The molecule has 0 saturated carbocycles. The number of nitrogens with two attached hydrogens (primary N) is 1. The average molecular weight is 425 g/mol. The number of nitrogens with one attached hydrogen (secondary N) is 1. The second-order valence-electron chi connectivity index (χ2n) is 6.98. The van der Waals surface area contributed by atoms with E-state index in [1.54, 1.807) is 24.3 Å². The summed E-state index contributed by atoms with van der Waals surface area (Å²) in [6.07, 6.45) is 0. The SMILES string of the molecule is Cl.Nc1nc2c(=O)c3ccccc3oc2cc1Oc1ccc(N2CCNCC2)cc1. The van der Waals surface area contributed by atoms with Gasteiger partial charge in [-0.15, -0.1) is 12.4 Å². The molecular formula is C22H21ClN4O3. The molecule has 3 N–H and O–H groups in total. The molecule has 30 heavy (non-hydrogen) atoms. The molecule has 0 amide bonds. The van der Waals surface area contributed by atoms with Gasteiger partial charge in [0.25, 0.3) is 0 Å². The molecule has 1 saturated heterocycles. The Labute approximate surface area is 178 Å². The van der Waals surface area contributed by atoms with E-state index in [0.29, 0.717) is 28.1 Å². The fourth-order valence-corrected chi connectivity index (χ4v) is 3.58. The molecule has 4 aromatic rings. The van der Waals surface area contributed by atoms with Crippen molar-refractivity contribution in [3.8, 4) is 11.5 Å². The van der Waals surface area contributed by atoms with Gasteiger partial charge in [-0.25, -0.2) is 4.98 Å². The van der Waals surface area contributed by atoms with Crippen molar-refractivity contribution in [2.24, 2.45) is 0 Å². The van der Waals surface area contributed by atoms with Crippen LogP contribution >= 0.6 is 12.4 Å². The van der Waals surface area contributed by atoms with Crippen molar-refractivity contribution in [2.45, 2.75) is 0 Å². The van der Waals surface area contributed by atoms with E-state index in [4.69, 9.17) is 14.9 Å². The fraction of sp³-hybridized carbons (Fsp3) is 0.182. The van der Waals surface area contributed by atoms with Crippen LogP contribution < -0.4 is 26.1 Å². The minimum atomic E-state index is -0.208. The number of pyridine rings is 1. The summed E-state index contributed by atoms with van der Waals surface area (Å²) < 4.78 is 11.8. The minimum Gasteiger partial charge on any atom is -0.454 e. The van der Waals surface area contributed by atoms with Crippen molar-refractivity contribution in [2.75, 3.05) is 36.8 Å². The number of hydrogen-bond donors (Lipinski definition) is 2. The van der Waals surface area contributed by atoms with Gasteiger partial charge >= 0.3 is 0 Å². The zero-order valence-electron chi connectivity index (χ0n) is 16.1. The summed E-state index contributed by atoms with van der Waals surface area (Å²) in [7, 11) is 0. The van der Waals surface area contributed by atoms with E-state index in [1.165, 1.54) is 0 Å². The van der Waals surface area contributed by atoms with E-state index < -0.39 is 0 Å². The van der Waals surface area contributed by atoms with Gasteiger partial charge in [0, 0.05) is 37.9 Å². The highest BCUT2D eigenvalue weighted by Crippen LogP contribution is 2.31. The number of ether oxygens (including phenoxy) is 1. The van der Waals surface area contributed by atoms with Crippen LogP contribution in [0.2, 0.25) is 0 Å². The van der Waals surface area contributed by atoms with Gasteiger partial charge in [0.15, 0.2) is 22.7 Å². The number of para-hydroxylation sites is 1. The van der Waals surface area contributed by atoms with Crippen LogP contribution in [0.3, 0.4) is 0 Å². The molecule has 7 nitrogen and oxygen atoms in total. The lowest BCUT2D eigenvalue weighted by Gasteiger charge is -2.29. The third-order valence-corrected chi connectivity index (χ3v) is 5.09. The zero-order valence-corrected chi connectivity index (χ0v) is 16.9. The maximum atomic E-state index is 12.7. The van der Waals surface area contributed by atoms with E-state index in [1.807, 2.05) is 30.3 Å². The summed E-state index contributed by atoms with van der Waals surface area (Å²) in [6.45, 7) is 3.93. The largest absolute Gasteiger partial charge is 0.454 e. The maximum absolute atomic E-state index is 12.7. The topological polar surface area (TPSA) is 93.6 Å². The predicted octanol–water partition coefficient (Wildman–Crippen LogP) is 3.55. The quantitative estimate of drug-likeness (QED) is 0.486. The highest BCUT2D eigenvalue weighted by atomic mass is 35.5. The van der Waals surface area contributed by atoms with Crippen LogP contribution in [0.4, 0.5) is 11.5 Å². The molecule has 0 aliphatic carbocycles. The first kappa shape index (κ1) is 20.0. The van der Waals surface area contributed by atoms with Crippen molar-refractivity contribution < 1.29 is 9.15 Å². The third-order valence-electron chi connectivity index (χ3n) is 5.09. The first-order valence-corrected chi connectivity index (χ1v) is 9.55. The molecule has 0 atom stereocenters. The second-order valence-corrected chi connectivity index (χ2v) is 6.98. The molecule has 0 spiro atoms. The van der Waals surface area contributed by atoms with E-state index in [-0.39, 0.29) is 29.2 Å². The standard InChI is InChI=1S/C22H20N4O3.ClH/c23-22-19(28-15-7-5-14(6-8-15)26-11-9-24-10-12-26)13-18-20(25-22)21(27)16-3-1-2-4-17(16)29-18;/h1-8,13,24H,9-12H2,(H2,23,25);1H. The molecule has 3 heterocycles. The van der Waals surface area contributed by atoms with Crippen molar-refractivity contribution in [1.82, 2.24) is 10.3 Å². The molecule has 5 rings (SSSR count). The van der Waals surface area contributed by atoms with Gasteiger partial charge in [0.1, 0.15) is 11.3 Å². The Morgan fingerprint density at radius 3 is 2.53 bits per heavy atom. The summed E-state index contributed by atoms with van der Waals surface area (Å²) >= 11 is 0. The summed E-state index contributed by atoms with van der Waals surface area (Å²) in [5.41, 5.74) is 8.05. The monoisotopic (exact) mass is 424 g/mol. The molecule has 8 heteroatoms. The van der Waals surface area contributed by atoms with Gasteiger partial charge in [-0.2, -0.15) is 0 Å². The number of nitrogens with zero attached hydrogens (tertiary/aromatic N) is 2. The molecule has 154 valence electrons. The summed E-state index contributed by atoms with van der Waals surface area (Å²) in [5.74, 6) is 1.14. The van der Waals surface area contributed by atoms with Crippen LogP contribution in [0, 0.1) is 0 Å². The third kappa shape index (κ3) is 3.65. The van der Waals surface area contributed by atoms with Crippen LogP contribution in [-0.2, 0) is 0 Å². The predicted molar refractivity (Wildman–Crippen MR) is 121 cm³/mol. The number of anilines is 2. The molecule has 0 bridgehead atoms. The minimum absolute atomic E-state index is 0. The highest BCUT2D eigenvalue weighted by Gasteiger charge is 2.14. The molecule has 1 aliphatic heterocycles. The Hall–Kier alpha value is -3.29. The first-order valence-electron chi connectivity index (χ1n) is 9.55.